The predicted octanol–water partition coefficient (Wildman–Crippen LogP) is 4.42. The zero-order valence-electron chi connectivity index (χ0n) is 17.5. The number of tetrazole rings is 1. The molecule has 0 radical (unpaired) electrons. The van der Waals surface area contributed by atoms with Crippen LogP contribution in [0.25, 0.3) is 11.4 Å². The molecule has 1 amide bonds. The molecule has 1 aliphatic rings. The molecule has 31 heavy (non-hydrogen) atoms. The topological polar surface area (TPSA) is 91.2 Å². The molecular weight excluding hydrogens is 462 g/mol. The fourth-order valence-corrected chi connectivity index (χ4v) is 3.77. The van der Waals surface area contributed by atoms with Crippen molar-refractivity contribution < 1.29 is 14.3 Å². The van der Waals surface area contributed by atoms with Crippen molar-refractivity contribution in [1.29, 1.82) is 0 Å². The van der Waals surface area contributed by atoms with Crippen LogP contribution in [0.4, 0.5) is 5.69 Å². The van der Waals surface area contributed by atoms with Crippen molar-refractivity contribution in [1.82, 2.24) is 20.2 Å². The third kappa shape index (κ3) is 5.04. The van der Waals surface area contributed by atoms with E-state index in [0.717, 1.165) is 28.4 Å². The lowest BCUT2D eigenvalue weighted by Gasteiger charge is -2.14. The van der Waals surface area contributed by atoms with E-state index in [1.807, 2.05) is 54.9 Å². The molecule has 0 unspecified atom stereocenters. The van der Waals surface area contributed by atoms with Crippen LogP contribution in [0.2, 0.25) is 0 Å². The molecule has 0 spiro atoms. The number of hydrogen-bond acceptors (Lipinski definition) is 6. The van der Waals surface area contributed by atoms with Gasteiger partial charge >= 0.3 is 0 Å². The van der Waals surface area contributed by atoms with Gasteiger partial charge in [0.05, 0.1) is 25.7 Å². The first-order chi connectivity index (χ1) is 15.1. The predicted molar refractivity (Wildman–Crippen MR) is 120 cm³/mol. The van der Waals surface area contributed by atoms with Crippen LogP contribution >= 0.6 is 15.9 Å². The largest absolute Gasteiger partial charge is 0.490 e. The smallest absolute Gasteiger partial charge is 0.228 e. The van der Waals surface area contributed by atoms with Crippen LogP contribution in [-0.4, -0.2) is 39.3 Å². The summed E-state index contributed by atoms with van der Waals surface area (Å²) in [5.41, 5.74) is 2.38. The number of aromatic nitrogens is 4. The van der Waals surface area contributed by atoms with Crippen LogP contribution in [0.3, 0.4) is 0 Å². The molecule has 9 heteroatoms. The third-order valence-corrected chi connectivity index (χ3v) is 5.59. The molecule has 0 atom stereocenters. The van der Waals surface area contributed by atoms with E-state index in [9.17, 15) is 4.79 Å². The lowest BCUT2D eigenvalue weighted by atomic mass is 10.1. The molecule has 162 valence electrons. The van der Waals surface area contributed by atoms with Gasteiger partial charge in [-0.05, 0) is 66.9 Å². The molecule has 1 N–H and O–H groups in total. The summed E-state index contributed by atoms with van der Waals surface area (Å²) >= 11 is 3.54. The first-order valence-corrected chi connectivity index (χ1v) is 11.1. The second-order valence-corrected chi connectivity index (χ2v) is 8.09. The molecule has 1 saturated carbocycles. The van der Waals surface area contributed by atoms with E-state index in [4.69, 9.17) is 9.47 Å². The van der Waals surface area contributed by atoms with Crippen LogP contribution in [0.1, 0.15) is 38.3 Å². The Morgan fingerprint density at radius 2 is 1.90 bits per heavy atom. The second kappa shape index (κ2) is 9.47. The number of nitrogens with zero attached hydrogens (tertiary/aromatic N) is 4. The minimum atomic E-state index is -0.133. The van der Waals surface area contributed by atoms with Crippen molar-refractivity contribution in [2.45, 2.75) is 39.2 Å². The summed E-state index contributed by atoms with van der Waals surface area (Å²) in [6.07, 6.45) is 2.38. The minimum absolute atomic E-state index is 0.133. The van der Waals surface area contributed by atoms with Crippen molar-refractivity contribution in [3.8, 4) is 22.9 Å². The van der Waals surface area contributed by atoms with E-state index in [1.54, 1.807) is 0 Å². The average molecular weight is 486 g/mol. The summed E-state index contributed by atoms with van der Waals surface area (Å²) in [5, 5.41) is 15.0. The SMILES string of the molecule is CCOc1cc(Br)c(CC(=O)Nc2cccc(-c3nnnn3C3CC3)c2)cc1OCC. The highest BCUT2D eigenvalue weighted by atomic mass is 79.9. The van der Waals surface area contributed by atoms with Crippen molar-refractivity contribution in [2.75, 3.05) is 18.5 Å². The molecule has 1 aromatic heterocycles. The van der Waals surface area contributed by atoms with Gasteiger partial charge in [0.1, 0.15) is 0 Å². The summed E-state index contributed by atoms with van der Waals surface area (Å²) in [5.74, 6) is 1.87. The van der Waals surface area contributed by atoms with E-state index in [2.05, 4.69) is 36.8 Å². The molecule has 0 aliphatic heterocycles. The van der Waals surface area contributed by atoms with E-state index >= 15 is 0 Å². The number of benzene rings is 2. The first-order valence-electron chi connectivity index (χ1n) is 10.3. The standard InChI is InChI=1S/C22H24BrN5O3/c1-3-30-19-11-15(18(23)13-20(19)31-4-2)12-21(29)24-16-7-5-6-14(10-16)22-25-26-27-28(22)17-8-9-17/h5-7,10-11,13,17H,3-4,8-9,12H2,1-2H3,(H,24,29). The maximum Gasteiger partial charge on any atom is 0.228 e. The van der Waals surface area contributed by atoms with Crippen LogP contribution in [0, 0.1) is 0 Å². The minimum Gasteiger partial charge on any atom is -0.490 e. The van der Waals surface area contributed by atoms with Crippen molar-refractivity contribution in [3.05, 3.63) is 46.4 Å². The molecule has 0 saturated heterocycles. The van der Waals surface area contributed by atoms with Gasteiger partial charge in [-0.1, -0.05) is 28.1 Å². The summed E-state index contributed by atoms with van der Waals surface area (Å²) in [4.78, 5) is 12.7. The Morgan fingerprint density at radius 3 is 2.61 bits per heavy atom. The Morgan fingerprint density at radius 1 is 1.16 bits per heavy atom. The van der Waals surface area contributed by atoms with Gasteiger partial charge in [0.15, 0.2) is 17.3 Å². The highest BCUT2D eigenvalue weighted by molar-refractivity contribution is 9.10. The quantitative estimate of drug-likeness (QED) is 0.482. The molecule has 1 aliphatic carbocycles. The van der Waals surface area contributed by atoms with Crippen molar-refractivity contribution in [3.63, 3.8) is 0 Å². The normalized spacial score (nSPS) is 13.1. The van der Waals surface area contributed by atoms with Crippen LogP contribution in [0.15, 0.2) is 40.9 Å². The molecule has 4 rings (SSSR count). The average Bonchev–Trinajstić information content (AvgIpc) is 3.48. The molecule has 3 aromatic rings. The Balaban J connectivity index is 1.49. The highest BCUT2D eigenvalue weighted by Crippen LogP contribution is 2.37. The van der Waals surface area contributed by atoms with Crippen molar-refractivity contribution in [2.24, 2.45) is 0 Å². The Kier molecular flexibility index (Phi) is 6.50. The number of ether oxygens (including phenoxy) is 2. The van der Waals surface area contributed by atoms with Gasteiger partial charge in [0.25, 0.3) is 0 Å². The summed E-state index contributed by atoms with van der Waals surface area (Å²) in [7, 11) is 0. The molecule has 8 nitrogen and oxygen atoms in total. The highest BCUT2D eigenvalue weighted by Gasteiger charge is 2.28. The number of amides is 1. The van der Waals surface area contributed by atoms with Gasteiger partial charge in [-0.3, -0.25) is 4.79 Å². The number of carbonyl (C=O) groups is 1. The number of rotatable bonds is 9. The Bertz CT molecular complexity index is 1080. The molecule has 1 fully saturated rings. The number of anilines is 1. The number of nitrogens with one attached hydrogen (secondary N) is 1. The van der Waals surface area contributed by atoms with Gasteiger partial charge in [0, 0.05) is 15.7 Å². The monoisotopic (exact) mass is 485 g/mol. The molecular formula is C22H24BrN5O3. The van der Waals surface area contributed by atoms with Crippen LogP contribution in [0.5, 0.6) is 11.5 Å². The fraction of sp³-hybridized carbons (Fsp3) is 0.364. The van der Waals surface area contributed by atoms with Crippen molar-refractivity contribution >= 4 is 27.5 Å². The maximum absolute atomic E-state index is 12.7. The van der Waals surface area contributed by atoms with Gasteiger partial charge in [-0.25, -0.2) is 4.68 Å². The summed E-state index contributed by atoms with van der Waals surface area (Å²) in [6.45, 7) is 4.88. The molecule has 1 heterocycles. The lowest BCUT2D eigenvalue weighted by Crippen LogP contribution is -2.15. The van der Waals surface area contributed by atoms with Gasteiger partial charge < -0.3 is 14.8 Å². The lowest BCUT2D eigenvalue weighted by molar-refractivity contribution is -0.115. The number of hydrogen-bond donors (Lipinski definition) is 1. The van der Waals surface area contributed by atoms with E-state index < -0.39 is 0 Å². The second-order valence-electron chi connectivity index (χ2n) is 7.24. The Labute approximate surface area is 189 Å². The van der Waals surface area contributed by atoms with E-state index in [0.29, 0.717) is 42.3 Å². The summed E-state index contributed by atoms with van der Waals surface area (Å²) < 4.78 is 14.0. The van der Waals surface area contributed by atoms with Gasteiger partial charge in [-0.2, -0.15) is 0 Å². The molecule has 0 bridgehead atoms. The fourth-order valence-electron chi connectivity index (χ4n) is 3.31. The third-order valence-electron chi connectivity index (χ3n) is 4.85. The molecule has 2 aromatic carbocycles. The Hall–Kier alpha value is -2.94. The van der Waals surface area contributed by atoms with Crippen LogP contribution < -0.4 is 14.8 Å². The first kappa shape index (κ1) is 21.3. The maximum atomic E-state index is 12.7. The van der Waals surface area contributed by atoms with Gasteiger partial charge in [-0.15, -0.1) is 5.10 Å². The van der Waals surface area contributed by atoms with E-state index in [-0.39, 0.29) is 12.3 Å². The summed E-state index contributed by atoms with van der Waals surface area (Å²) in [6, 6.07) is 11.6. The van der Waals surface area contributed by atoms with E-state index in [1.165, 1.54) is 0 Å². The van der Waals surface area contributed by atoms with Gasteiger partial charge in [0.2, 0.25) is 5.91 Å². The number of halogens is 1. The number of carbonyl (C=O) groups excluding carboxylic acids is 1. The van der Waals surface area contributed by atoms with Crippen LogP contribution in [-0.2, 0) is 11.2 Å². The zero-order chi connectivity index (χ0) is 21.8. The zero-order valence-corrected chi connectivity index (χ0v) is 19.1.